The molecule has 120 valence electrons. The maximum absolute atomic E-state index is 12.2. The van der Waals surface area contributed by atoms with Crippen LogP contribution < -0.4 is 10.2 Å². The first kappa shape index (κ1) is 16.7. The molecular formula is C19H22N2O2. The standard InChI is InChI=1S/C19H22N2O2/c1-19(2,3)14-10-12-15(13-11-14)20-17(22)18(23)21(4)16-8-6-5-7-9-16/h5-13H,1-4H3,(H,20,22). The van der Waals surface area contributed by atoms with E-state index in [1.165, 1.54) is 10.5 Å². The van der Waals surface area contributed by atoms with Crippen molar-refractivity contribution < 1.29 is 9.59 Å². The number of hydrogen-bond acceptors (Lipinski definition) is 2. The Bertz CT molecular complexity index is 686. The molecule has 2 rings (SSSR count). The van der Waals surface area contributed by atoms with Gasteiger partial charge in [-0.2, -0.15) is 0 Å². The summed E-state index contributed by atoms with van der Waals surface area (Å²) < 4.78 is 0. The van der Waals surface area contributed by atoms with Crippen LogP contribution in [-0.4, -0.2) is 18.9 Å². The second-order valence-electron chi connectivity index (χ2n) is 6.48. The van der Waals surface area contributed by atoms with E-state index in [9.17, 15) is 9.59 Å². The molecule has 0 spiro atoms. The second kappa shape index (κ2) is 6.65. The number of nitrogens with zero attached hydrogens (tertiary/aromatic N) is 1. The quantitative estimate of drug-likeness (QED) is 0.862. The highest BCUT2D eigenvalue weighted by atomic mass is 16.2. The number of hydrogen-bond donors (Lipinski definition) is 1. The van der Waals surface area contributed by atoms with Crippen LogP contribution in [0.5, 0.6) is 0 Å². The highest BCUT2D eigenvalue weighted by Gasteiger charge is 2.20. The summed E-state index contributed by atoms with van der Waals surface area (Å²) in [7, 11) is 1.58. The minimum atomic E-state index is -0.653. The number of carbonyl (C=O) groups is 2. The van der Waals surface area contributed by atoms with Crippen LogP contribution in [0, 0.1) is 0 Å². The lowest BCUT2D eigenvalue weighted by molar-refractivity contribution is -0.134. The molecule has 0 saturated carbocycles. The number of rotatable bonds is 2. The molecule has 0 atom stereocenters. The predicted octanol–water partition coefficient (Wildman–Crippen LogP) is 3.59. The van der Waals surface area contributed by atoms with Gasteiger partial charge in [0.1, 0.15) is 0 Å². The number of carbonyl (C=O) groups excluding carboxylic acids is 2. The van der Waals surface area contributed by atoms with E-state index in [1.807, 2.05) is 42.5 Å². The lowest BCUT2D eigenvalue weighted by Gasteiger charge is -2.19. The lowest BCUT2D eigenvalue weighted by atomic mass is 9.87. The average Bonchev–Trinajstić information content (AvgIpc) is 2.54. The van der Waals surface area contributed by atoms with E-state index in [1.54, 1.807) is 19.2 Å². The summed E-state index contributed by atoms with van der Waals surface area (Å²) in [5.41, 5.74) is 2.50. The smallest absolute Gasteiger partial charge is 0.316 e. The van der Waals surface area contributed by atoms with Crippen LogP contribution in [0.4, 0.5) is 11.4 Å². The molecule has 0 radical (unpaired) electrons. The van der Waals surface area contributed by atoms with Crippen LogP contribution in [0.15, 0.2) is 54.6 Å². The third-order valence-corrected chi connectivity index (χ3v) is 3.65. The van der Waals surface area contributed by atoms with E-state index in [0.29, 0.717) is 11.4 Å². The molecule has 2 aromatic carbocycles. The molecule has 4 nitrogen and oxygen atoms in total. The van der Waals surface area contributed by atoms with Gasteiger partial charge in [0.05, 0.1) is 0 Å². The van der Waals surface area contributed by atoms with Gasteiger partial charge in [-0.05, 0) is 35.2 Å². The van der Waals surface area contributed by atoms with Gasteiger partial charge in [-0.3, -0.25) is 9.59 Å². The third-order valence-electron chi connectivity index (χ3n) is 3.65. The van der Waals surface area contributed by atoms with Crippen molar-refractivity contribution in [3.63, 3.8) is 0 Å². The van der Waals surface area contributed by atoms with Gasteiger partial charge in [0.15, 0.2) is 0 Å². The number of likely N-dealkylation sites (N-methyl/N-ethyl adjacent to an activating group) is 1. The maximum Gasteiger partial charge on any atom is 0.316 e. The molecule has 0 aliphatic rings. The predicted molar refractivity (Wildman–Crippen MR) is 93.6 cm³/mol. The minimum absolute atomic E-state index is 0.0475. The summed E-state index contributed by atoms with van der Waals surface area (Å²) in [4.78, 5) is 25.6. The lowest BCUT2D eigenvalue weighted by Crippen LogP contribution is -2.37. The minimum Gasteiger partial charge on any atom is -0.318 e. The second-order valence-corrected chi connectivity index (χ2v) is 6.48. The number of anilines is 2. The Morgan fingerprint density at radius 2 is 1.48 bits per heavy atom. The zero-order valence-corrected chi connectivity index (χ0v) is 14.0. The summed E-state index contributed by atoms with van der Waals surface area (Å²) in [5, 5.41) is 2.64. The molecule has 0 saturated heterocycles. The zero-order valence-electron chi connectivity index (χ0n) is 14.0. The first-order chi connectivity index (χ1) is 10.8. The SMILES string of the molecule is CN(C(=O)C(=O)Nc1ccc(C(C)(C)C)cc1)c1ccccc1. The van der Waals surface area contributed by atoms with E-state index in [2.05, 4.69) is 26.1 Å². The number of para-hydroxylation sites is 1. The highest BCUT2D eigenvalue weighted by molar-refractivity contribution is 6.44. The number of nitrogens with one attached hydrogen (secondary N) is 1. The van der Waals surface area contributed by atoms with Crippen molar-refractivity contribution in [2.45, 2.75) is 26.2 Å². The van der Waals surface area contributed by atoms with Crippen LogP contribution in [0.25, 0.3) is 0 Å². The molecule has 0 fully saturated rings. The van der Waals surface area contributed by atoms with Crippen molar-refractivity contribution >= 4 is 23.2 Å². The molecule has 1 N–H and O–H groups in total. The van der Waals surface area contributed by atoms with Crippen molar-refractivity contribution in [2.24, 2.45) is 0 Å². The average molecular weight is 310 g/mol. The fraction of sp³-hybridized carbons (Fsp3) is 0.263. The van der Waals surface area contributed by atoms with Gasteiger partial charge in [0.2, 0.25) is 0 Å². The molecular weight excluding hydrogens is 288 g/mol. The van der Waals surface area contributed by atoms with E-state index < -0.39 is 11.8 Å². The largest absolute Gasteiger partial charge is 0.318 e. The molecule has 0 aliphatic carbocycles. The van der Waals surface area contributed by atoms with Crippen LogP contribution in [0.1, 0.15) is 26.3 Å². The van der Waals surface area contributed by atoms with Gasteiger partial charge in [-0.25, -0.2) is 0 Å². The fourth-order valence-corrected chi connectivity index (χ4v) is 2.16. The maximum atomic E-state index is 12.2. The first-order valence-corrected chi connectivity index (χ1v) is 7.53. The van der Waals surface area contributed by atoms with Crippen LogP contribution in [0.3, 0.4) is 0 Å². The van der Waals surface area contributed by atoms with Crippen LogP contribution >= 0.6 is 0 Å². The van der Waals surface area contributed by atoms with E-state index >= 15 is 0 Å². The molecule has 0 aliphatic heterocycles. The monoisotopic (exact) mass is 310 g/mol. The molecule has 0 heterocycles. The Hall–Kier alpha value is -2.62. The Morgan fingerprint density at radius 3 is 2.00 bits per heavy atom. The number of benzene rings is 2. The van der Waals surface area contributed by atoms with Crippen molar-refractivity contribution in [2.75, 3.05) is 17.3 Å². The Morgan fingerprint density at radius 1 is 0.913 bits per heavy atom. The first-order valence-electron chi connectivity index (χ1n) is 7.53. The van der Waals surface area contributed by atoms with E-state index in [4.69, 9.17) is 0 Å². The summed E-state index contributed by atoms with van der Waals surface area (Å²) in [6.45, 7) is 6.37. The summed E-state index contributed by atoms with van der Waals surface area (Å²) >= 11 is 0. The van der Waals surface area contributed by atoms with Gasteiger partial charge >= 0.3 is 11.8 Å². The topological polar surface area (TPSA) is 49.4 Å². The molecule has 0 aromatic heterocycles. The molecule has 0 bridgehead atoms. The van der Waals surface area contributed by atoms with E-state index in [0.717, 1.165) is 0 Å². The zero-order chi connectivity index (χ0) is 17.0. The Labute approximate surface area is 137 Å². The number of amides is 2. The Kier molecular flexibility index (Phi) is 4.84. The van der Waals surface area contributed by atoms with Gasteiger partial charge in [0.25, 0.3) is 0 Å². The molecule has 23 heavy (non-hydrogen) atoms. The third kappa shape index (κ3) is 4.19. The van der Waals surface area contributed by atoms with Gasteiger partial charge in [0, 0.05) is 18.4 Å². The van der Waals surface area contributed by atoms with Crippen molar-refractivity contribution in [3.05, 3.63) is 60.2 Å². The summed E-state index contributed by atoms with van der Waals surface area (Å²) in [6.07, 6.45) is 0. The molecule has 4 heteroatoms. The Balaban J connectivity index is 2.05. The van der Waals surface area contributed by atoms with E-state index in [-0.39, 0.29) is 5.41 Å². The van der Waals surface area contributed by atoms with Crippen molar-refractivity contribution in [1.82, 2.24) is 0 Å². The van der Waals surface area contributed by atoms with Gasteiger partial charge in [-0.1, -0.05) is 51.1 Å². The molecule has 2 amide bonds. The fourth-order valence-electron chi connectivity index (χ4n) is 2.16. The van der Waals surface area contributed by atoms with Gasteiger partial charge in [-0.15, -0.1) is 0 Å². The van der Waals surface area contributed by atoms with Crippen molar-refractivity contribution in [1.29, 1.82) is 0 Å². The molecule has 2 aromatic rings. The normalized spacial score (nSPS) is 11.0. The van der Waals surface area contributed by atoms with Crippen LogP contribution in [0.2, 0.25) is 0 Å². The molecule has 0 unspecified atom stereocenters. The van der Waals surface area contributed by atoms with Crippen LogP contribution in [-0.2, 0) is 15.0 Å². The highest BCUT2D eigenvalue weighted by Crippen LogP contribution is 2.23. The summed E-state index contributed by atoms with van der Waals surface area (Å²) in [6, 6.07) is 16.6. The van der Waals surface area contributed by atoms with Crippen molar-refractivity contribution in [3.8, 4) is 0 Å². The summed E-state index contributed by atoms with van der Waals surface area (Å²) in [5.74, 6) is -1.25. The van der Waals surface area contributed by atoms with Gasteiger partial charge < -0.3 is 10.2 Å².